The smallest absolute Gasteiger partial charge is 0.341 e. The van der Waals surface area contributed by atoms with Crippen LogP contribution >= 0.6 is 11.6 Å². The number of anilines is 2. The highest BCUT2D eigenvalue weighted by atomic mass is 35.5. The van der Waals surface area contributed by atoms with Crippen molar-refractivity contribution in [3.8, 4) is 6.07 Å². The maximum absolute atomic E-state index is 12.1. The Labute approximate surface area is 145 Å². The summed E-state index contributed by atoms with van der Waals surface area (Å²) in [5.41, 5.74) is 1.93. The summed E-state index contributed by atoms with van der Waals surface area (Å²) in [6.45, 7) is 2.38. The van der Waals surface area contributed by atoms with Crippen molar-refractivity contribution in [3.05, 3.63) is 52.2 Å². The molecule has 0 fully saturated rings. The highest BCUT2D eigenvalue weighted by Crippen LogP contribution is 2.25. The predicted molar refractivity (Wildman–Crippen MR) is 90.4 cm³/mol. The van der Waals surface area contributed by atoms with Crippen LogP contribution in [0.5, 0.6) is 0 Å². The van der Waals surface area contributed by atoms with Gasteiger partial charge in [-0.1, -0.05) is 23.7 Å². The Morgan fingerprint density at radius 1 is 1.42 bits per heavy atom. The van der Waals surface area contributed by atoms with Crippen molar-refractivity contribution in [2.75, 3.05) is 19.0 Å². The zero-order valence-corrected chi connectivity index (χ0v) is 14.1. The summed E-state index contributed by atoms with van der Waals surface area (Å²) in [4.78, 5) is 16.2. The summed E-state index contributed by atoms with van der Waals surface area (Å²) in [5.74, 6) is -0.347. The van der Waals surface area contributed by atoms with Crippen LogP contribution in [-0.2, 0) is 16.1 Å². The molecule has 1 aromatic carbocycles. The molecule has 2 rings (SSSR count). The molecule has 24 heavy (non-hydrogen) atoms. The van der Waals surface area contributed by atoms with Gasteiger partial charge >= 0.3 is 5.97 Å². The molecule has 7 heteroatoms. The Morgan fingerprint density at radius 3 is 2.88 bits per heavy atom. The molecule has 124 valence electrons. The van der Waals surface area contributed by atoms with E-state index in [-0.39, 0.29) is 28.7 Å². The second-order valence-electron chi connectivity index (χ2n) is 4.81. The van der Waals surface area contributed by atoms with Gasteiger partial charge in [-0.3, -0.25) is 0 Å². The van der Waals surface area contributed by atoms with Crippen LogP contribution in [0.15, 0.2) is 30.3 Å². The van der Waals surface area contributed by atoms with E-state index in [1.807, 2.05) is 30.3 Å². The Bertz CT molecular complexity index is 787. The molecule has 1 heterocycles. The summed E-state index contributed by atoms with van der Waals surface area (Å²) in [5, 5.41) is 12.1. The fourth-order valence-corrected chi connectivity index (χ4v) is 2.25. The Hall–Kier alpha value is -2.62. The SMILES string of the molecule is CCOC(=O)c1cc(C#N)c(Cl)nc1Nc1cccc(COC)c1. The van der Waals surface area contributed by atoms with E-state index in [0.29, 0.717) is 12.3 Å². The van der Waals surface area contributed by atoms with Gasteiger partial charge in [0.2, 0.25) is 0 Å². The molecule has 0 bridgehead atoms. The van der Waals surface area contributed by atoms with E-state index >= 15 is 0 Å². The average Bonchev–Trinajstić information content (AvgIpc) is 2.56. The molecule has 0 aliphatic heterocycles. The van der Waals surface area contributed by atoms with Gasteiger partial charge in [0.25, 0.3) is 0 Å². The number of rotatable bonds is 6. The summed E-state index contributed by atoms with van der Waals surface area (Å²) in [7, 11) is 1.61. The van der Waals surface area contributed by atoms with E-state index in [9.17, 15) is 4.79 Å². The van der Waals surface area contributed by atoms with E-state index in [1.54, 1.807) is 14.0 Å². The van der Waals surface area contributed by atoms with Crippen molar-refractivity contribution in [1.29, 1.82) is 5.26 Å². The normalized spacial score (nSPS) is 10.1. The van der Waals surface area contributed by atoms with Crippen molar-refractivity contribution in [2.24, 2.45) is 0 Å². The lowest BCUT2D eigenvalue weighted by molar-refractivity contribution is 0.0527. The first kappa shape index (κ1) is 17.7. The number of nitriles is 1. The van der Waals surface area contributed by atoms with Crippen molar-refractivity contribution in [1.82, 2.24) is 4.98 Å². The van der Waals surface area contributed by atoms with E-state index < -0.39 is 5.97 Å². The number of nitrogens with zero attached hydrogens (tertiary/aromatic N) is 2. The number of benzene rings is 1. The van der Waals surface area contributed by atoms with Gasteiger partial charge in [-0.15, -0.1) is 0 Å². The van der Waals surface area contributed by atoms with Crippen LogP contribution in [0.1, 0.15) is 28.4 Å². The molecule has 0 atom stereocenters. The van der Waals surface area contributed by atoms with Crippen LogP contribution in [-0.4, -0.2) is 24.7 Å². The van der Waals surface area contributed by atoms with Crippen LogP contribution in [0.25, 0.3) is 0 Å². The molecule has 0 radical (unpaired) electrons. The van der Waals surface area contributed by atoms with Crippen molar-refractivity contribution in [3.63, 3.8) is 0 Å². The number of aromatic nitrogens is 1. The summed E-state index contributed by atoms with van der Waals surface area (Å²) >= 11 is 5.98. The van der Waals surface area contributed by atoms with Crippen LogP contribution in [0.3, 0.4) is 0 Å². The number of esters is 1. The first-order chi connectivity index (χ1) is 11.6. The summed E-state index contributed by atoms with van der Waals surface area (Å²) in [6.07, 6.45) is 0. The standard InChI is InChI=1S/C17H16ClN3O3/c1-3-24-17(22)14-8-12(9-19)15(18)21-16(14)20-13-6-4-5-11(7-13)10-23-2/h4-8H,3,10H2,1-2H3,(H,20,21). The zero-order valence-electron chi connectivity index (χ0n) is 13.3. The zero-order chi connectivity index (χ0) is 17.5. The van der Waals surface area contributed by atoms with E-state index in [1.165, 1.54) is 6.07 Å². The van der Waals surface area contributed by atoms with E-state index in [2.05, 4.69) is 10.3 Å². The minimum absolute atomic E-state index is 0.0149. The van der Waals surface area contributed by atoms with Crippen LogP contribution in [0.2, 0.25) is 5.15 Å². The predicted octanol–water partition coefficient (Wildman–Crippen LogP) is 3.67. The van der Waals surface area contributed by atoms with Crippen molar-refractivity contribution >= 4 is 29.1 Å². The first-order valence-electron chi connectivity index (χ1n) is 7.21. The second-order valence-corrected chi connectivity index (χ2v) is 5.17. The van der Waals surface area contributed by atoms with Gasteiger partial charge in [0, 0.05) is 12.8 Å². The fraction of sp³-hybridized carbons (Fsp3) is 0.235. The number of carbonyl (C=O) groups is 1. The van der Waals surface area contributed by atoms with Crippen molar-refractivity contribution < 1.29 is 14.3 Å². The molecule has 0 spiro atoms. The number of carbonyl (C=O) groups excluding carboxylic acids is 1. The van der Waals surface area contributed by atoms with Crippen LogP contribution < -0.4 is 5.32 Å². The third kappa shape index (κ3) is 4.22. The number of pyridine rings is 1. The lowest BCUT2D eigenvalue weighted by Crippen LogP contribution is -2.10. The quantitative estimate of drug-likeness (QED) is 0.635. The molecule has 2 aromatic rings. The van der Waals surface area contributed by atoms with Gasteiger partial charge in [0.1, 0.15) is 22.6 Å². The minimum Gasteiger partial charge on any atom is -0.462 e. The highest BCUT2D eigenvalue weighted by Gasteiger charge is 2.18. The lowest BCUT2D eigenvalue weighted by Gasteiger charge is -2.12. The molecule has 0 saturated heterocycles. The molecule has 6 nitrogen and oxygen atoms in total. The number of nitrogens with one attached hydrogen (secondary N) is 1. The Kier molecular flexibility index (Phi) is 6.13. The maximum Gasteiger partial charge on any atom is 0.341 e. The van der Waals surface area contributed by atoms with Gasteiger partial charge in [-0.05, 0) is 30.7 Å². The molecule has 0 amide bonds. The molecular weight excluding hydrogens is 330 g/mol. The molecule has 0 aliphatic carbocycles. The molecule has 0 aliphatic rings. The molecule has 0 saturated carbocycles. The summed E-state index contributed by atoms with van der Waals surface area (Å²) < 4.78 is 10.1. The van der Waals surface area contributed by atoms with Crippen LogP contribution in [0, 0.1) is 11.3 Å². The average molecular weight is 346 g/mol. The minimum atomic E-state index is -0.575. The molecule has 1 aromatic heterocycles. The van der Waals surface area contributed by atoms with Crippen LogP contribution in [0.4, 0.5) is 11.5 Å². The highest BCUT2D eigenvalue weighted by molar-refractivity contribution is 6.30. The molecule has 0 unspecified atom stereocenters. The van der Waals surface area contributed by atoms with Gasteiger partial charge in [0.15, 0.2) is 0 Å². The van der Waals surface area contributed by atoms with Gasteiger partial charge in [-0.25, -0.2) is 9.78 Å². The number of methoxy groups -OCH3 is 1. The second kappa shape index (κ2) is 8.29. The summed E-state index contributed by atoms with van der Waals surface area (Å²) in [6, 6.07) is 10.7. The fourth-order valence-electron chi connectivity index (χ4n) is 2.07. The van der Waals surface area contributed by atoms with E-state index in [0.717, 1.165) is 5.56 Å². The topological polar surface area (TPSA) is 84.2 Å². The Balaban J connectivity index is 2.41. The third-order valence-electron chi connectivity index (χ3n) is 3.09. The number of hydrogen-bond acceptors (Lipinski definition) is 6. The van der Waals surface area contributed by atoms with Gasteiger partial charge in [-0.2, -0.15) is 5.26 Å². The van der Waals surface area contributed by atoms with Crippen molar-refractivity contribution in [2.45, 2.75) is 13.5 Å². The monoisotopic (exact) mass is 345 g/mol. The van der Waals surface area contributed by atoms with E-state index in [4.69, 9.17) is 26.3 Å². The largest absolute Gasteiger partial charge is 0.462 e. The number of halogens is 1. The number of ether oxygens (including phenoxy) is 2. The van der Waals surface area contributed by atoms with Gasteiger partial charge in [0.05, 0.1) is 18.8 Å². The number of hydrogen-bond donors (Lipinski definition) is 1. The molecular formula is C17H16ClN3O3. The maximum atomic E-state index is 12.1. The van der Waals surface area contributed by atoms with Gasteiger partial charge < -0.3 is 14.8 Å². The Morgan fingerprint density at radius 2 is 2.21 bits per heavy atom. The third-order valence-corrected chi connectivity index (χ3v) is 3.38. The lowest BCUT2D eigenvalue weighted by atomic mass is 10.1. The first-order valence-corrected chi connectivity index (χ1v) is 7.59. The molecule has 1 N–H and O–H groups in total.